The monoisotopic (exact) mass is 344 g/mol. The molecule has 0 fully saturated rings. The van der Waals surface area contributed by atoms with Crippen LogP contribution in [0.4, 0.5) is 0 Å². The summed E-state index contributed by atoms with van der Waals surface area (Å²) in [7, 11) is 0. The van der Waals surface area contributed by atoms with Crippen molar-refractivity contribution in [3.05, 3.63) is 69.2 Å². The van der Waals surface area contributed by atoms with Crippen LogP contribution in [0.1, 0.15) is 34.0 Å². The van der Waals surface area contributed by atoms with Crippen LogP contribution in [-0.4, -0.2) is 11.6 Å². The molecule has 0 aliphatic heterocycles. The van der Waals surface area contributed by atoms with Crippen LogP contribution in [0.2, 0.25) is 0 Å². The summed E-state index contributed by atoms with van der Waals surface area (Å²) in [5.74, 6) is -0.217. The van der Waals surface area contributed by atoms with Gasteiger partial charge in [-0.25, -0.2) is 5.43 Å². The van der Waals surface area contributed by atoms with E-state index in [0.29, 0.717) is 5.56 Å². The number of amides is 1. The fraction of sp³-hybridized carbons (Fsp3) is 0.176. The minimum Gasteiger partial charge on any atom is -0.267 e. The molecule has 0 saturated carbocycles. The Balaban J connectivity index is 2.10. The minimum absolute atomic E-state index is 0.217. The highest BCUT2D eigenvalue weighted by Gasteiger charge is 2.05. The third kappa shape index (κ3) is 4.02. The number of benzene rings is 2. The Bertz CT molecular complexity index is 690. The number of hydrazone groups is 1. The van der Waals surface area contributed by atoms with E-state index in [4.69, 9.17) is 0 Å². The van der Waals surface area contributed by atoms with Crippen LogP contribution >= 0.6 is 15.9 Å². The second-order valence-corrected chi connectivity index (χ2v) is 5.86. The van der Waals surface area contributed by atoms with Gasteiger partial charge >= 0.3 is 0 Å². The van der Waals surface area contributed by atoms with Gasteiger partial charge < -0.3 is 0 Å². The normalized spacial score (nSPS) is 11.3. The van der Waals surface area contributed by atoms with Gasteiger partial charge in [0.15, 0.2) is 0 Å². The van der Waals surface area contributed by atoms with Crippen molar-refractivity contribution in [2.75, 3.05) is 0 Å². The molecule has 4 heteroatoms. The number of aryl methyl sites for hydroxylation is 2. The van der Waals surface area contributed by atoms with Crippen LogP contribution in [0, 0.1) is 13.8 Å². The van der Waals surface area contributed by atoms with Crippen LogP contribution in [0.5, 0.6) is 0 Å². The van der Waals surface area contributed by atoms with E-state index in [1.165, 1.54) is 11.1 Å². The third-order valence-electron chi connectivity index (χ3n) is 3.36. The van der Waals surface area contributed by atoms with Gasteiger partial charge in [0.2, 0.25) is 0 Å². The molecule has 2 rings (SSSR count). The van der Waals surface area contributed by atoms with Gasteiger partial charge in [0.1, 0.15) is 0 Å². The van der Waals surface area contributed by atoms with Gasteiger partial charge in [-0.3, -0.25) is 4.79 Å². The van der Waals surface area contributed by atoms with Crippen LogP contribution < -0.4 is 5.43 Å². The van der Waals surface area contributed by atoms with E-state index in [9.17, 15) is 4.79 Å². The zero-order chi connectivity index (χ0) is 15.4. The van der Waals surface area contributed by atoms with Gasteiger partial charge in [0.05, 0.1) is 5.71 Å². The molecule has 0 aromatic heterocycles. The molecule has 1 N–H and O–H groups in total. The number of nitrogens with one attached hydrogen (secondary N) is 1. The predicted octanol–water partition coefficient (Wildman–Crippen LogP) is 4.22. The first-order valence-electron chi connectivity index (χ1n) is 6.65. The maximum absolute atomic E-state index is 12.0. The first-order valence-corrected chi connectivity index (χ1v) is 7.44. The van der Waals surface area contributed by atoms with Gasteiger partial charge in [-0.2, -0.15) is 5.10 Å². The fourth-order valence-corrected chi connectivity index (χ4v) is 2.10. The van der Waals surface area contributed by atoms with E-state index in [1.54, 1.807) is 12.1 Å². The molecule has 3 nitrogen and oxygen atoms in total. The van der Waals surface area contributed by atoms with Crippen molar-refractivity contribution in [2.45, 2.75) is 20.8 Å². The molecule has 2 aromatic carbocycles. The molecule has 0 bridgehead atoms. The first kappa shape index (κ1) is 15.4. The lowest BCUT2D eigenvalue weighted by Gasteiger charge is -2.06. The topological polar surface area (TPSA) is 41.5 Å². The molecule has 0 saturated heterocycles. The summed E-state index contributed by atoms with van der Waals surface area (Å²) in [5, 5.41) is 4.17. The summed E-state index contributed by atoms with van der Waals surface area (Å²) in [6.45, 7) is 6.01. The van der Waals surface area contributed by atoms with Crippen molar-refractivity contribution >= 4 is 27.5 Å². The largest absolute Gasteiger partial charge is 0.271 e. The van der Waals surface area contributed by atoms with Crippen LogP contribution in [0.3, 0.4) is 0 Å². The number of carbonyl (C=O) groups is 1. The minimum atomic E-state index is -0.217. The van der Waals surface area contributed by atoms with Gasteiger partial charge in [0, 0.05) is 10.0 Å². The average Bonchev–Trinajstić information content (AvgIpc) is 2.48. The quantitative estimate of drug-likeness (QED) is 0.657. The van der Waals surface area contributed by atoms with Crippen molar-refractivity contribution in [1.29, 1.82) is 0 Å². The molecule has 0 radical (unpaired) electrons. The summed E-state index contributed by atoms with van der Waals surface area (Å²) >= 11 is 3.34. The predicted molar refractivity (Wildman–Crippen MR) is 89.7 cm³/mol. The molecule has 108 valence electrons. The standard InChI is InChI=1S/C17H17BrN2O/c1-11-4-5-15(10-12(11)2)13(3)19-20-17(21)14-6-8-16(18)9-7-14/h4-10H,1-3H3,(H,20,21)/b19-13-. The molecule has 0 aliphatic rings. The Hall–Kier alpha value is -1.94. The van der Waals surface area contributed by atoms with Crippen LogP contribution in [0.25, 0.3) is 0 Å². The van der Waals surface area contributed by atoms with Gasteiger partial charge in [-0.1, -0.05) is 28.1 Å². The van der Waals surface area contributed by atoms with Gasteiger partial charge in [-0.05, 0) is 67.8 Å². The number of carbonyl (C=O) groups excluding carboxylic acids is 1. The van der Waals surface area contributed by atoms with E-state index in [0.717, 1.165) is 15.7 Å². The Labute approximate surface area is 133 Å². The van der Waals surface area contributed by atoms with Crippen molar-refractivity contribution in [3.8, 4) is 0 Å². The molecule has 0 spiro atoms. The summed E-state index contributed by atoms with van der Waals surface area (Å²) < 4.78 is 0.939. The smallest absolute Gasteiger partial charge is 0.267 e. The molecular formula is C17H17BrN2O. The Kier molecular flexibility index (Phi) is 4.91. The van der Waals surface area contributed by atoms with E-state index < -0.39 is 0 Å². The molecular weight excluding hydrogens is 328 g/mol. The fourth-order valence-electron chi connectivity index (χ4n) is 1.83. The van der Waals surface area contributed by atoms with E-state index in [2.05, 4.69) is 52.4 Å². The molecule has 0 aliphatic carbocycles. The molecule has 1 amide bonds. The van der Waals surface area contributed by atoms with E-state index in [1.807, 2.05) is 25.1 Å². The van der Waals surface area contributed by atoms with Crippen LogP contribution in [-0.2, 0) is 0 Å². The zero-order valence-electron chi connectivity index (χ0n) is 12.3. The lowest BCUT2D eigenvalue weighted by molar-refractivity contribution is 0.0955. The Morgan fingerprint density at radius 3 is 2.24 bits per heavy atom. The Morgan fingerprint density at radius 1 is 1.00 bits per heavy atom. The van der Waals surface area contributed by atoms with Crippen molar-refractivity contribution in [2.24, 2.45) is 5.10 Å². The number of nitrogens with zero attached hydrogens (tertiary/aromatic N) is 1. The second kappa shape index (κ2) is 6.68. The summed E-state index contributed by atoms with van der Waals surface area (Å²) in [6.07, 6.45) is 0. The van der Waals surface area contributed by atoms with Gasteiger partial charge in [0.25, 0.3) is 5.91 Å². The Morgan fingerprint density at radius 2 is 1.62 bits per heavy atom. The number of halogens is 1. The van der Waals surface area contributed by atoms with Crippen molar-refractivity contribution in [1.82, 2.24) is 5.43 Å². The highest BCUT2D eigenvalue weighted by Crippen LogP contribution is 2.12. The maximum Gasteiger partial charge on any atom is 0.271 e. The average molecular weight is 345 g/mol. The highest BCUT2D eigenvalue weighted by molar-refractivity contribution is 9.10. The van der Waals surface area contributed by atoms with Crippen molar-refractivity contribution in [3.63, 3.8) is 0 Å². The van der Waals surface area contributed by atoms with E-state index >= 15 is 0 Å². The molecule has 0 atom stereocenters. The SMILES string of the molecule is C/C(=N/NC(=O)c1ccc(Br)cc1)c1ccc(C)c(C)c1. The van der Waals surface area contributed by atoms with Gasteiger partial charge in [-0.15, -0.1) is 0 Å². The first-order chi connectivity index (χ1) is 9.97. The summed E-state index contributed by atoms with van der Waals surface area (Å²) in [5.41, 5.74) is 7.40. The third-order valence-corrected chi connectivity index (χ3v) is 3.88. The molecule has 0 unspecified atom stereocenters. The lowest BCUT2D eigenvalue weighted by Crippen LogP contribution is -2.19. The number of rotatable bonds is 3. The van der Waals surface area contributed by atoms with Crippen molar-refractivity contribution < 1.29 is 4.79 Å². The molecule has 2 aromatic rings. The summed E-state index contributed by atoms with van der Waals surface area (Å²) in [4.78, 5) is 12.0. The zero-order valence-corrected chi connectivity index (χ0v) is 13.9. The lowest BCUT2D eigenvalue weighted by atomic mass is 10.0. The van der Waals surface area contributed by atoms with Crippen LogP contribution in [0.15, 0.2) is 52.0 Å². The summed E-state index contributed by atoms with van der Waals surface area (Å²) in [6, 6.07) is 13.3. The molecule has 0 heterocycles. The number of hydrogen-bond donors (Lipinski definition) is 1. The molecule has 21 heavy (non-hydrogen) atoms. The highest BCUT2D eigenvalue weighted by atomic mass is 79.9. The maximum atomic E-state index is 12.0. The second-order valence-electron chi connectivity index (χ2n) is 4.94. The number of hydrogen-bond acceptors (Lipinski definition) is 2. The van der Waals surface area contributed by atoms with E-state index in [-0.39, 0.29) is 5.91 Å².